The van der Waals surface area contributed by atoms with Crippen molar-refractivity contribution in [3.05, 3.63) is 75.5 Å². The summed E-state index contributed by atoms with van der Waals surface area (Å²) in [5, 5.41) is 21.2. The number of aryl methyl sites for hydroxylation is 1. The van der Waals surface area contributed by atoms with Crippen LogP contribution >= 0.6 is 0 Å². The van der Waals surface area contributed by atoms with Crippen molar-refractivity contribution in [2.75, 3.05) is 0 Å². The largest absolute Gasteiger partial charge is 0.502 e. The van der Waals surface area contributed by atoms with Crippen molar-refractivity contribution >= 4 is 28.5 Å². The number of phenolic OH excluding ortho intramolecular Hbond substituents is 1. The van der Waals surface area contributed by atoms with E-state index in [1.807, 2.05) is 25.1 Å². The highest BCUT2D eigenvalue weighted by atomic mass is 16.6. The number of rotatable bonds is 5. The van der Waals surface area contributed by atoms with Crippen molar-refractivity contribution < 1.29 is 19.2 Å². The molecule has 3 rings (SSSR count). The van der Waals surface area contributed by atoms with Crippen LogP contribution < -0.4 is 0 Å². The number of carbonyl (C=O) groups is 1. The molecular formula is C19H15NO5. The first-order valence-corrected chi connectivity index (χ1v) is 7.71. The van der Waals surface area contributed by atoms with E-state index in [4.69, 9.17) is 4.42 Å². The van der Waals surface area contributed by atoms with E-state index < -0.39 is 16.4 Å². The summed E-state index contributed by atoms with van der Waals surface area (Å²) in [5.41, 5.74) is 1.51. The van der Waals surface area contributed by atoms with Crippen molar-refractivity contribution in [3.63, 3.8) is 0 Å². The molecule has 1 aromatic heterocycles. The van der Waals surface area contributed by atoms with Crippen LogP contribution in [0, 0.1) is 10.1 Å². The van der Waals surface area contributed by atoms with Crippen LogP contribution in [0.3, 0.4) is 0 Å². The molecule has 1 N–H and O–H groups in total. The van der Waals surface area contributed by atoms with E-state index in [-0.39, 0.29) is 11.5 Å². The third-order valence-electron chi connectivity index (χ3n) is 3.90. The summed E-state index contributed by atoms with van der Waals surface area (Å²) < 4.78 is 5.67. The molecule has 126 valence electrons. The van der Waals surface area contributed by atoms with Gasteiger partial charge in [-0.15, -0.1) is 0 Å². The molecule has 0 aliphatic carbocycles. The summed E-state index contributed by atoms with van der Waals surface area (Å²) in [5.74, 6) is -0.462. The van der Waals surface area contributed by atoms with Gasteiger partial charge in [0.1, 0.15) is 5.58 Å². The average Bonchev–Trinajstić information content (AvgIpc) is 2.99. The third-order valence-corrected chi connectivity index (χ3v) is 3.90. The second-order valence-corrected chi connectivity index (χ2v) is 5.46. The van der Waals surface area contributed by atoms with Gasteiger partial charge in [-0.2, -0.15) is 0 Å². The van der Waals surface area contributed by atoms with Crippen LogP contribution in [-0.4, -0.2) is 15.8 Å². The summed E-state index contributed by atoms with van der Waals surface area (Å²) in [4.78, 5) is 22.7. The predicted molar refractivity (Wildman–Crippen MR) is 93.7 cm³/mol. The molecule has 0 aliphatic heterocycles. The van der Waals surface area contributed by atoms with Crippen molar-refractivity contribution in [2.45, 2.75) is 13.3 Å². The number of carbonyl (C=O) groups excluding carboxylic acids is 1. The third kappa shape index (κ3) is 3.14. The topological polar surface area (TPSA) is 93.6 Å². The Morgan fingerprint density at radius 3 is 2.76 bits per heavy atom. The maximum atomic E-state index is 12.5. The van der Waals surface area contributed by atoms with Gasteiger partial charge in [0.25, 0.3) is 0 Å². The number of para-hydroxylation sites is 1. The first-order chi connectivity index (χ1) is 12.0. The Morgan fingerprint density at radius 2 is 2.04 bits per heavy atom. The fraction of sp³-hybridized carbons (Fsp3) is 0.105. The quantitative estimate of drug-likeness (QED) is 0.320. The fourth-order valence-electron chi connectivity index (χ4n) is 2.69. The van der Waals surface area contributed by atoms with Gasteiger partial charge in [0.05, 0.1) is 4.92 Å². The lowest BCUT2D eigenvalue weighted by Crippen LogP contribution is -1.96. The molecule has 0 saturated heterocycles. The fourth-order valence-corrected chi connectivity index (χ4v) is 2.69. The number of phenols is 1. The van der Waals surface area contributed by atoms with Crippen LogP contribution in [-0.2, 0) is 6.42 Å². The summed E-state index contributed by atoms with van der Waals surface area (Å²) >= 11 is 0. The van der Waals surface area contributed by atoms with E-state index in [9.17, 15) is 20.0 Å². The standard InChI is InChI=1S/C19H15NO5/c1-2-13-14-5-3-4-6-18(14)25-19(13)17(22)10-8-12-7-9-16(21)15(11-12)20(23)24/h3-11,21H,2H2,1H3/b10-8+. The summed E-state index contributed by atoms with van der Waals surface area (Å²) in [7, 11) is 0. The van der Waals surface area contributed by atoms with Crippen molar-refractivity contribution in [1.29, 1.82) is 0 Å². The van der Waals surface area contributed by atoms with Crippen LogP contribution in [0.15, 0.2) is 53.0 Å². The second-order valence-electron chi connectivity index (χ2n) is 5.46. The number of ketones is 1. The molecule has 0 atom stereocenters. The molecule has 6 heteroatoms. The molecule has 0 bridgehead atoms. The molecule has 0 saturated carbocycles. The maximum Gasteiger partial charge on any atom is 0.311 e. The second kappa shape index (κ2) is 6.60. The molecular weight excluding hydrogens is 322 g/mol. The molecule has 6 nitrogen and oxygen atoms in total. The molecule has 3 aromatic rings. The van der Waals surface area contributed by atoms with Crippen LogP contribution in [0.4, 0.5) is 5.69 Å². The van der Waals surface area contributed by atoms with E-state index in [0.717, 1.165) is 10.9 Å². The minimum Gasteiger partial charge on any atom is -0.502 e. The van der Waals surface area contributed by atoms with Gasteiger partial charge < -0.3 is 9.52 Å². The van der Waals surface area contributed by atoms with E-state index in [1.165, 1.54) is 30.4 Å². The van der Waals surface area contributed by atoms with Gasteiger partial charge in [-0.1, -0.05) is 37.3 Å². The highest BCUT2D eigenvalue weighted by Gasteiger charge is 2.17. The number of hydrogen-bond donors (Lipinski definition) is 1. The summed E-state index contributed by atoms with van der Waals surface area (Å²) in [6, 6.07) is 11.4. The Bertz CT molecular complexity index is 1000. The first kappa shape index (κ1) is 16.4. The number of nitro benzene ring substituents is 1. The minimum atomic E-state index is -0.678. The van der Waals surface area contributed by atoms with Gasteiger partial charge >= 0.3 is 5.69 Å². The van der Waals surface area contributed by atoms with Crippen LogP contribution in [0.5, 0.6) is 5.75 Å². The first-order valence-electron chi connectivity index (χ1n) is 7.71. The molecule has 0 amide bonds. The lowest BCUT2D eigenvalue weighted by atomic mass is 10.1. The Balaban J connectivity index is 1.94. The zero-order chi connectivity index (χ0) is 18.0. The normalized spacial score (nSPS) is 11.2. The monoisotopic (exact) mass is 337 g/mol. The van der Waals surface area contributed by atoms with E-state index in [2.05, 4.69) is 0 Å². The SMILES string of the molecule is CCc1c(C(=O)/C=C/c2ccc(O)c([N+](=O)[O-])c2)oc2ccccc12. The lowest BCUT2D eigenvalue weighted by molar-refractivity contribution is -0.385. The van der Waals surface area contributed by atoms with Crippen LogP contribution in [0.25, 0.3) is 17.0 Å². The number of nitro groups is 1. The average molecular weight is 337 g/mol. The molecule has 0 fully saturated rings. The smallest absolute Gasteiger partial charge is 0.311 e. The van der Waals surface area contributed by atoms with Gasteiger partial charge in [-0.25, -0.2) is 0 Å². The summed E-state index contributed by atoms with van der Waals surface area (Å²) in [6.45, 7) is 1.95. The van der Waals surface area contributed by atoms with E-state index >= 15 is 0 Å². The van der Waals surface area contributed by atoms with Gasteiger partial charge in [-0.3, -0.25) is 14.9 Å². The summed E-state index contributed by atoms with van der Waals surface area (Å²) in [6.07, 6.45) is 3.42. The van der Waals surface area contributed by atoms with Crippen molar-refractivity contribution in [2.24, 2.45) is 0 Å². The molecule has 0 aliphatic rings. The minimum absolute atomic E-state index is 0.272. The Morgan fingerprint density at radius 1 is 1.28 bits per heavy atom. The van der Waals surface area contributed by atoms with Crippen LogP contribution in [0.2, 0.25) is 0 Å². The lowest BCUT2D eigenvalue weighted by Gasteiger charge is -1.98. The van der Waals surface area contributed by atoms with Gasteiger partial charge in [0, 0.05) is 17.0 Å². The Labute approximate surface area is 143 Å². The van der Waals surface area contributed by atoms with Gasteiger partial charge in [0.2, 0.25) is 5.78 Å². The van der Waals surface area contributed by atoms with Gasteiger partial charge in [0.15, 0.2) is 11.5 Å². The molecule has 0 unspecified atom stereocenters. The molecule has 0 spiro atoms. The number of hydrogen-bond acceptors (Lipinski definition) is 5. The molecule has 25 heavy (non-hydrogen) atoms. The number of fused-ring (bicyclic) bond motifs is 1. The highest BCUT2D eigenvalue weighted by Crippen LogP contribution is 2.28. The zero-order valence-electron chi connectivity index (χ0n) is 13.4. The van der Waals surface area contributed by atoms with E-state index in [0.29, 0.717) is 17.6 Å². The number of allylic oxidation sites excluding steroid dienone is 1. The van der Waals surface area contributed by atoms with Crippen LogP contribution in [0.1, 0.15) is 28.6 Å². The zero-order valence-corrected chi connectivity index (χ0v) is 13.4. The van der Waals surface area contributed by atoms with Crippen molar-refractivity contribution in [1.82, 2.24) is 0 Å². The highest BCUT2D eigenvalue weighted by molar-refractivity contribution is 6.08. The Hall–Kier alpha value is -3.41. The molecule has 1 heterocycles. The number of benzene rings is 2. The van der Waals surface area contributed by atoms with Gasteiger partial charge in [-0.05, 0) is 30.2 Å². The number of aromatic hydroxyl groups is 1. The number of nitrogens with zero attached hydrogens (tertiary/aromatic N) is 1. The molecule has 0 radical (unpaired) electrons. The predicted octanol–water partition coefficient (Wildman–Crippen LogP) is 4.51. The number of furan rings is 1. The van der Waals surface area contributed by atoms with Crippen molar-refractivity contribution in [3.8, 4) is 5.75 Å². The maximum absolute atomic E-state index is 12.5. The Kier molecular flexibility index (Phi) is 4.35. The molecule has 2 aromatic carbocycles. The van der Waals surface area contributed by atoms with E-state index in [1.54, 1.807) is 6.07 Å².